The van der Waals surface area contributed by atoms with E-state index >= 15 is 4.39 Å². The molecule has 0 saturated carbocycles. The number of anilines is 3. The van der Waals surface area contributed by atoms with Gasteiger partial charge in [-0.2, -0.15) is 19.6 Å². The summed E-state index contributed by atoms with van der Waals surface area (Å²) in [4.78, 5) is 24.0. The molecule has 2 atom stereocenters. The van der Waals surface area contributed by atoms with Crippen molar-refractivity contribution >= 4 is 17.5 Å². The molecule has 0 radical (unpaired) electrons. The molecule has 3 aliphatic rings. The van der Waals surface area contributed by atoms with E-state index in [1.807, 2.05) is 6.92 Å². The molecule has 13 nitrogen and oxygen atoms in total. The highest BCUT2D eigenvalue weighted by Gasteiger charge is 2.35. The molecule has 2 aromatic heterocycles. The molecular formula is C28H35FN10O3. The zero-order valence-corrected chi connectivity index (χ0v) is 23.8. The van der Waals surface area contributed by atoms with Crippen LogP contribution in [0.5, 0.6) is 5.75 Å². The summed E-state index contributed by atoms with van der Waals surface area (Å²) in [5.74, 6) is 0.459. The van der Waals surface area contributed by atoms with Crippen LogP contribution in [0.15, 0.2) is 23.1 Å². The largest absolute Gasteiger partial charge is 0.490 e. The van der Waals surface area contributed by atoms with Gasteiger partial charge in [0.15, 0.2) is 5.82 Å². The second-order valence-electron chi connectivity index (χ2n) is 11.8. The van der Waals surface area contributed by atoms with E-state index in [4.69, 9.17) is 9.47 Å². The quantitative estimate of drug-likeness (QED) is 0.386. The number of rotatable bonds is 9. The number of nitriles is 1. The maximum Gasteiger partial charge on any atom is 0.368 e. The number of hydrogen-bond donors (Lipinski definition) is 2. The fourth-order valence-corrected chi connectivity index (χ4v) is 5.99. The Kier molecular flexibility index (Phi) is 7.78. The lowest BCUT2D eigenvalue weighted by Crippen LogP contribution is -2.49. The van der Waals surface area contributed by atoms with Crippen LogP contribution in [0.3, 0.4) is 0 Å². The van der Waals surface area contributed by atoms with Crippen LogP contribution < -0.4 is 21.1 Å². The lowest BCUT2D eigenvalue weighted by atomic mass is 9.83. The molecule has 6 rings (SSSR count). The first-order chi connectivity index (χ1) is 20.3. The zero-order valence-electron chi connectivity index (χ0n) is 23.8. The molecule has 0 spiro atoms. The van der Waals surface area contributed by atoms with Gasteiger partial charge in [0, 0.05) is 31.1 Å². The van der Waals surface area contributed by atoms with Crippen LogP contribution in [0, 0.1) is 28.5 Å². The van der Waals surface area contributed by atoms with Crippen molar-refractivity contribution in [3.8, 4) is 17.5 Å². The summed E-state index contributed by atoms with van der Waals surface area (Å²) in [6.45, 7) is 6.33. The number of halogens is 1. The molecule has 3 aliphatic heterocycles. The Hall–Kier alpha value is -4.09. The van der Waals surface area contributed by atoms with Gasteiger partial charge in [-0.25, -0.2) is 14.2 Å². The molecule has 0 unspecified atom stereocenters. The number of tetrazole rings is 1. The van der Waals surface area contributed by atoms with Gasteiger partial charge in [0.1, 0.15) is 28.9 Å². The topological polar surface area (TPSA) is 148 Å². The molecule has 3 aromatic rings. The van der Waals surface area contributed by atoms with Crippen LogP contribution in [0.2, 0.25) is 0 Å². The average Bonchev–Trinajstić information content (AvgIpc) is 3.32. The third-order valence-electron chi connectivity index (χ3n) is 8.39. The highest BCUT2D eigenvalue weighted by atomic mass is 19.1. The maximum absolute atomic E-state index is 15.4. The summed E-state index contributed by atoms with van der Waals surface area (Å²) in [7, 11) is 1.47. The molecular weight excluding hydrogens is 543 g/mol. The molecule has 42 heavy (non-hydrogen) atoms. The number of aromatic nitrogens is 6. The lowest BCUT2D eigenvalue weighted by molar-refractivity contribution is -0.120. The molecule has 0 bridgehead atoms. The molecule has 3 saturated heterocycles. The Morgan fingerprint density at radius 2 is 2.05 bits per heavy atom. The second-order valence-corrected chi connectivity index (χ2v) is 11.8. The van der Waals surface area contributed by atoms with Gasteiger partial charge in [-0.15, -0.1) is 0 Å². The number of fused-ring (bicyclic) bond motifs is 1. The van der Waals surface area contributed by atoms with Crippen molar-refractivity contribution in [2.45, 2.75) is 45.1 Å². The summed E-state index contributed by atoms with van der Waals surface area (Å²) < 4.78 is 28.8. The van der Waals surface area contributed by atoms with Crippen molar-refractivity contribution in [1.82, 2.24) is 34.7 Å². The number of aryl methyl sites for hydroxylation is 1. The highest BCUT2D eigenvalue weighted by Crippen LogP contribution is 2.34. The van der Waals surface area contributed by atoms with E-state index in [0.29, 0.717) is 43.1 Å². The van der Waals surface area contributed by atoms with Gasteiger partial charge in [-0.1, -0.05) is 13.3 Å². The first-order valence-corrected chi connectivity index (χ1v) is 14.4. The van der Waals surface area contributed by atoms with E-state index < -0.39 is 11.5 Å². The first kappa shape index (κ1) is 28.0. The van der Waals surface area contributed by atoms with Crippen LogP contribution in [0.25, 0.3) is 5.69 Å². The van der Waals surface area contributed by atoms with Crippen LogP contribution in [-0.2, 0) is 11.8 Å². The SMILES string of the molecule is Cn1nnn(-c2cc(Nc3ncc(C#N)c(NC[C@@H]4CCCN5CCCC[C@H]45)n3)c(F)cc2OCC2(C)COC2)c1=O. The van der Waals surface area contributed by atoms with Gasteiger partial charge in [-0.3, -0.25) is 0 Å². The smallest absolute Gasteiger partial charge is 0.368 e. The third-order valence-corrected chi connectivity index (χ3v) is 8.39. The molecule has 1 aromatic carbocycles. The molecule has 2 N–H and O–H groups in total. The number of nitrogens with zero attached hydrogens (tertiary/aromatic N) is 8. The molecule has 14 heteroatoms. The number of benzene rings is 1. The van der Waals surface area contributed by atoms with Crippen LogP contribution >= 0.6 is 0 Å². The first-order valence-electron chi connectivity index (χ1n) is 14.4. The number of hydrogen-bond acceptors (Lipinski definition) is 11. The number of piperidine rings is 2. The van der Waals surface area contributed by atoms with E-state index in [0.717, 1.165) is 35.3 Å². The Balaban J connectivity index is 1.24. The van der Waals surface area contributed by atoms with Crippen molar-refractivity contribution in [2.75, 3.05) is 50.1 Å². The summed E-state index contributed by atoms with van der Waals surface area (Å²) >= 11 is 0. The van der Waals surface area contributed by atoms with Gasteiger partial charge >= 0.3 is 5.69 Å². The fourth-order valence-electron chi connectivity index (χ4n) is 5.99. The standard InChI is InChI=1S/C28H35FN10O3/c1-28(15-41-16-28)17-42-24-10-20(29)21(11-23(24)39-27(40)37(2)35-36-39)33-26-32-14-19(12-30)25(34-26)31-13-18-6-5-9-38-8-4-3-7-22(18)38/h10-11,14,18,22H,3-9,13,15-17H2,1-2H3,(H2,31,32,33,34)/t18-,22+/m0/s1. The maximum atomic E-state index is 15.4. The van der Waals surface area contributed by atoms with E-state index in [1.54, 1.807) is 0 Å². The Labute approximate surface area is 242 Å². The van der Waals surface area contributed by atoms with E-state index in [-0.39, 0.29) is 35.1 Å². The van der Waals surface area contributed by atoms with Crippen molar-refractivity contribution in [1.29, 1.82) is 5.26 Å². The molecule has 222 valence electrons. The minimum absolute atomic E-state index is 0.00822. The molecule has 5 heterocycles. The molecule has 0 aliphatic carbocycles. The Morgan fingerprint density at radius 1 is 1.21 bits per heavy atom. The summed E-state index contributed by atoms with van der Waals surface area (Å²) in [5, 5.41) is 23.7. The van der Waals surface area contributed by atoms with Crippen LogP contribution in [0.1, 0.15) is 44.6 Å². The van der Waals surface area contributed by atoms with Gasteiger partial charge in [0.2, 0.25) is 5.95 Å². The van der Waals surface area contributed by atoms with E-state index in [9.17, 15) is 10.1 Å². The van der Waals surface area contributed by atoms with Gasteiger partial charge < -0.3 is 25.0 Å². The van der Waals surface area contributed by atoms with Crippen molar-refractivity contribution < 1.29 is 13.9 Å². The summed E-state index contributed by atoms with van der Waals surface area (Å²) in [5.41, 5.74) is -0.196. The van der Waals surface area contributed by atoms with Crippen LogP contribution in [0.4, 0.5) is 21.8 Å². The minimum Gasteiger partial charge on any atom is -0.490 e. The third kappa shape index (κ3) is 5.66. The normalized spacial score (nSPS) is 21.6. The predicted octanol–water partition coefficient (Wildman–Crippen LogP) is 2.60. The fraction of sp³-hybridized carbons (Fsp3) is 0.571. The molecule has 3 fully saturated rings. The molecule has 0 amide bonds. The summed E-state index contributed by atoms with van der Waals surface area (Å²) in [6.07, 6.45) is 7.39. The number of ether oxygens (including phenoxy) is 2. The zero-order chi connectivity index (χ0) is 29.3. The van der Waals surface area contributed by atoms with Crippen molar-refractivity contribution in [3.63, 3.8) is 0 Å². The van der Waals surface area contributed by atoms with E-state index in [1.165, 1.54) is 44.6 Å². The van der Waals surface area contributed by atoms with E-state index in [2.05, 4.69) is 42.0 Å². The monoisotopic (exact) mass is 578 g/mol. The average molecular weight is 579 g/mol. The van der Waals surface area contributed by atoms with Crippen LogP contribution in [-0.4, -0.2) is 80.2 Å². The second kappa shape index (κ2) is 11.7. The van der Waals surface area contributed by atoms with Gasteiger partial charge in [0.05, 0.1) is 31.7 Å². The van der Waals surface area contributed by atoms with Gasteiger partial charge in [0.25, 0.3) is 0 Å². The minimum atomic E-state index is -0.636. The summed E-state index contributed by atoms with van der Waals surface area (Å²) in [6, 6.07) is 5.30. The van der Waals surface area contributed by atoms with Crippen molar-refractivity contribution in [3.05, 3.63) is 40.2 Å². The lowest BCUT2D eigenvalue weighted by Gasteiger charge is -2.44. The van der Waals surface area contributed by atoms with Gasteiger partial charge in [-0.05, 0) is 61.2 Å². The number of nitrogens with one attached hydrogen (secondary N) is 2. The highest BCUT2D eigenvalue weighted by molar-refractivity contribution is 5.64. The predicted molar refractivity (Wildman–Crippen MR) is 151 cm³/mol. The van der Waals surface area contributed by atoms with Crippen molar-refractivity contribution in [2.24, 2.45) is 18.4 Å². The Morgan fingerprint density at radius 3 is 2.79 bits per heavy atom. The Bertz CT molecular complexity index is 1540.